The van der Waals surface area contributed by atoms with E-state index in [1.54, 1.807) is 17.8 Å². The van der Waals surface area contributed by atoms with Crippen molar-refractivity contribution in [2.45, 2.75) is 31.1 Å². The van der Waals surface area contributed by atoms with Crippen molar-refractivity contribution in [3.8, 4) is 0 Å². The van der Waals surface area contributed by atoms with E-state index in [0.717, 1.165) is 23.3 Å². The molecule has 1 aliphatic carbocycles. The summed E-state index contributed by atoms with van der Waals surface area (Å²) in [6.45, 7) is 5.89. The largest absolute Gasteiger partial charge is 0.512 e. The van der Waals surface area contributed by atoms with Gasteiger partial charge in [-0.1, -0.05) is 54.6 Å². The number of allylic oxidation sites excluding steroid dienone is 2. The lowest BCUT2D eigenvalue weighted by Gasteiger charge is -2.24. The summed E-state index contributed by atoms with van der Waals surface area (Å²) < 4.78 is 0. The second-order valence-corrected chi connectivity index (χ2v) is 7.93. The van der Waals surface area contributed by atoms with E-state index in [4.69, 9.17) is 0 Å². The van der Waals surface area contributed by atoms with Crippen molar-refractivity contribution in [2.75, 3.05) is 5.75 Å². The highest BCUT2D eigenvalue weighted by molar-refractivity contribution is 7.99. The average Bonchev–Trinajstić information content (AvgIpc) is 2.63. The van der Waals surface area contributed by atoms with Gasteiger partial charge in [0.25, 0.3) is 0 Å². The molecule has 1 N–H and O–H groups in total. The number of hydrogen-bond donors (Lipinski definition) is 1. The number of carbonyl (C=O) groups excluding carboxylic acids is 1. The fourth-order valence-electron chi connectivity index (χ4n) is 3.36. The minimum atomic E-state index is 0.0355. The van der Waals surface area contributed by atoms with Crippen LogP contribution in [0.15, 0.2) is 65.8 Å². The van der Waals surface area contributed by atoms with Crippen LogP contribution in [0.5, 0.6) is 0 Å². The first kappa shape index (κ1) is 18.5. The molecule has 1 atom stereocenters. The number of carbonyl (C=O) groups is 1. The second-order valence-electron chi connectivity index (χ2n) is 6.76. The fraction of sp³-hybridized carbons (Fsp3) is 0.261. The molecule has 3 heteroatoms. The van der Waals surface area contributed by atoms with Crippen LogP contribution >= 0.6 is 11.8 Å². The molecule has 2 aromatic carbocycles. The summed E-state index contributed by atoms with van der Waals surface area (Å²) in [6.07, 6.45) is 3.72. The van der Waals surface area contributed by atoms with Crippen molar-refractivity contribution in [1.82, 2.24) is 0 Å². The zero-order chi connectivity index (χ0) is 18.5. The van der Waals surface area contributed by atoms with E-state index in [0.29, 0.717) is 18.4 Å². The molecule has 2 nitrogen and oxygen atoms in total. The molecular formula is C23H24O2S. The molecule has 3 rings (SSSR count). The smallest absolute Gasteiger partial charge is 0.167 e. The standard InChI is InChI=1S/C23H24O2S/c1-3-18-6-4-5-7-20(18)23-21(24)14-17(15-22(23)25)12-13-26-19-10-8-16(2)9-11-19/h3-11,17,24H,1,12-15H2,2H3. The van der Waals surface area contributed by atoms with E-state index < -0.39 is 0 Å². The quantitative estimate of drug-likeness (QED) is 0.632. The average molecular weight is 365 g/mol. The van der Waals surface area contributed by atoms with Crippen LogP contribution in [0.25, 0.3) is 11.6 Å². The lowest BCUT2D eigenvalue weighted by Crippen LogP contribution is -2.19. The van der Waals surface area contributed by atoms with Crippen LogP contribution < -0.4 is 0 Å². The lowest BCUT2D eigenvalue weighted by molar-refractivity contribution is -0.115. The molecule has 0 amide bonds. The van der Waals surface area contributed by atoms with Gasteiger partial charge in [-0.3, -0.25) is 4.79 Å². The molecule has 0 bridgehead atoms. The molecule has 2 aromatic rings. The maximum absolute atomic E-state index is 12.7. The van der Waals surface area contributed by atoms with E-state index in [2.05, 4.69) is 37.8 Å². The van der Waals surface area contributed by atoms with Crippen molar-refractivity contribution >= 4 is 29.2 Å². The first-order chi connectivity index (χ1) is 12.6. The maximum Gasteiger partial charge on any atom is 0.167 e. The Morgan fingerprint density at radius 3 is 2.58 bits per heavy atom. The van der Waals surface area contributed by atoms with Crippen LogP contribution in [-0.2, 0) is 4.79 Å². The monoisotopic (exact) mass is 364 g/mol. The number of Topliss-reactive ketones (excluding diaryl/α,β-unsaturated/α-hetero) is 1. The Morgan fingerprint density at radius 2 is 1.88 bits per heavy atom. The third kappa shape index (κ3) is 4.28. The van der Waals surface area contributed by atoms with Crippen molar-refractivity contribution in [1.29, 1.82) is 0 Å². The van der Waals surface area contributed by atoms with Crippen molar-refractivity contribution in [2.24, 2.45) is 5.92 Å². The molecule has 1 unspecified atom stereocenters. The molecular weight excluding hydrogens is 340 g/mol. The Balaban J connectivity index is 1.65. The Labute approximate surface area is 159 Å². The van der Waals surface area contributed by atoms with Gasteiger partial charge in [0.05, 0.1) is 5.57 Å². The molecule has 0 saturated carbocycles. The number of aryl methyl sites for hydroxylation is 1. The van der Waals surface area contributed by atoms with Crippen LogP contribution in [0.4, 0.5) is 0 Å². The normalized spacial score (nSPS) is 17.4. The molecule has 0 spiro atoms. The molecule has 0 saturated heterocycles. The molecule has 0 aromatic heterocycles. The number of benzene rings is 2. The summed E-state index contributed by atoms with van der Waals surface area (Å²) in [7, 11) is 0. The van der Waals surface area contributed by atoms with Crippen LogP contribution in [0.1, 0.15) is 36.0 Å². The minimum Gasteiger partial charge on any atom is -0.512 e. The first-order valence-electron chi connectivity index (χ1n) is 8.95. The molecule has 26 heavy (non-hydrogen) atoms. The summed E-state index contributed by atoms with van der Waals surface area (Å²) in [5, 5.41) is 10.5. The number of ketones is 1. The molecule has 1 aliphatic rings. The number of aliphatic hydroxyl groups is 1. The third-order valence-corrected chi connectivity index (χ3v) is 5.83. The van der Waals surface area contributed by atoms with Gasteiger partial charge in [-0.2, -0.15) is 0 Å². The molecule has 0 aliphatic heterocycles. The van der Waals surface area contributed by atoms with Crippen LogP contribution in [-0.4, -0.2) is 16.6 Å². The Kier molecular flexibility index (Phi) is 6.00. The fourth-order valence-corrected chi connectivity index (χ4v) is 4.38. The Hall–Kier alpha value is -2.26. The number of rotatable bonds is 6. The van der Waals surface area contributed by atoms with Crippen LogP contribution in [0.2, 0.25) is 0 Å². The highest BCUT2D eigenvalue weighted by Crippen LogP contribution is 2.36. The van der Waals surface area contributed by atoms with E-state index in [1.807, 2.05) is 24.3 Å². The summed E-state index contributed by atoms with van der Waals surface area (Å²) in [5.41, 5.74) is 3.41. The van der Waals surface area contributed by atoms with Crippen molar-refractivity contribution < 1.29 is 9.90 Å². The van der Waals surface area contributed by atoms with Gasteiger partial charge in [0.1, 0.15) is 5.76 Å². The minimum absolute atomic E-state index is 0.0355. The first-order valence-corrected chi connectivity index (χ1v) is 9.93. The number of thioether (sulfide) groups is 1. The van der Waals surface area contributed by atoms with E-state index in [-0.39, 0.29) is 17.5 Å². The summed E-state index contributed by atoms with van der Waals surface area (Å²) in [6, 6.07) is 16.1. The van der Waals surface area contributed by atoms with Crippen molar-refractivity contribution in [3.63, 3.8) is 0 Å². The van der Waals surface area contributed by atoms with Gasteiger partial charge < -0.3 is 5.11 Å². The zero-order valence-corrected chi connectivity index (χ0v) is 15.9. The zero-order valence-electron chi connectivity index (χ0n) is 15.1. The van der Waals surface area contributed by atoms with Crippen LogP contribution in [0, 0.1) is 12.8 Å². The molecule has 0 fully saturated rings. The highest BCUT2D eigenvalue weighted by Gasteiger charge is 2.29. The van der Waals surface area contributed by atoms with Gasteiger partial charge >= 0.3 is 0 Å². The lowest BCUT2D eigenvalue weighted by atomic mass is 9.82. The highest BCUT2D eigenvalue weighted by atomic mass is 32.2. The molecule has 0 radical (unpaired) electrons. The van der Waals surface area contributed by atoms with E-state index >= 15 is 0 Å². The topological polar surface area (TPSA) is 37.3 Å². The van der Waals surface area contributed by atoms with E-state index in [9.17, 15) is 9.90 Å². The van der Waals surface area contributed by atoms with Gasteiger partial charge in [0.15, 0.2) is 5.78 Å². The van der Waals surface area contributed by atoms with Gasteiger partial charge in [0, 0.05) is 17.7 Å². The van der Waals surface area contributed by atoms with E-state index in [1.165, 1.54) is 10.5 Å². The summed E-state index contributed by atoms with van der Waals surface area (Å²) >= 11 is 1.81. The predicted molar refractivity (Wildman–Crippen MR) is 110 cm³/mol. The Bertz CT molecular complexity index is 834. The second kappa shape index (κ2) is 8.41. The molecule has 0 heterocycles. The van der Waals surface area contributed by atoms with Crippen molar-refractivity contribution in [3.05, 3.63) is 77.6 Å². The summed E-state index contributed by atoms with van der Waals surface area (Å²) in [5.74, 6) is 1.42. The maximum atomic E-state index is 12.7. The van der Waals surface area contributed by atoms with Gasteiger partial charge in [-0.05, 0) is 48.3 Å². The van der Waals surface area contributed by atoms with Gasteiger partial charge in [-0.15, -0.1) is 11.8 Å². The SMILES string of the molecule is C=Cc1ccccc1C1=C(O)CC(CCSc2ccc(C)cc2)CC1=O. The summed E-state index contributed by atoms with van der Waals surface area (Å²) in [4.78, 5) is 13.9. The molecule has 134 valence electrons. The predicted octanol–water partition coefficient (Wildman–Crippen LogP) is 6.07. The number of hydrogen-bond acceptors (Lipinski definition) is 3. The third-order valence-electron chi connectivity index (χ3n) is 4.79. The van der Waals surface area contributed by atoms with Gasteiger partial charge in [0.2, 0.25) is 0 Å². The van der Waals surface area contributed by atoms with Crippen LogP contribution in [0.3, 0.4) is 0 Å². The van der Waals surface area contributed by atoms with Gasteiger partial charge in [-0.25, -0.2) is 0 Å². The Morgan fingerprint density at radius 1 is 1.15 bits per heavy atom. The number of aliphatic hydroxyl groups excluding tert-OH is 1.